The third kappa shape index (κ3) is 2.54. The summed E-state index contributed by atoms with van der Waals surface area (Å²) in [5, 5.41) is 0. The Morgan fingerprint density at radius 3 is 3.11 bits per heavy atom. The van der Waals surface area contributed by atoms with Gasteiger partial charge in [0, 0.05) is 24.9 Å². The van der Waals surface area contributed by atoms with Gasteiger partial charge in [0.05, 0.1) is 6.10 Å². The molecule has 0 radical (unpaired) electrons. The Morgan fingerprint density at radius 1 is 1.39 bits per heavy atom. The highest BCUT2D eigenvalue weighted by Gasteiger charge is 2.21. The van der Waals surface area contributed by atoms with Crippen molar-refractivity contribution in [2.45, 2.75) is 44.6 Å². The molecule has 2 unspecified atom stereocenters. The molecule has 0 bridgehead atoms. The van der Waals surface area contributed by atoms with Gasteiger partial charge in [0.1, 0.15) is 5.82 Å². The van der Waals surface area contributed by atoms with Gasteiger partial charge in [-0.15, -0.1) is 0 Å². The van der Waals surface area contributed by atoms with Crippen molar-refractivity contribution in [1.29, 1.82) is 0 Å². The smallest absolute Gasteiger partial charge is 0.131 e. The molecule has 4 nitrogen and oxygen atoms in total. The largest absolute Gasteiger partial charge is 0.378 e. The molecule has 2 heterocycles. The molecule has 0 amide bonds. The number of ether oxygens (including phenoxy) is 1. The monoisotopic (exact) mass is 247 g/mol. The Balaban J connectivity index is 1.71. The van der Waals surface area contributed by atoms with Crippen molar-refractivity contribution in [2.75, 3.05) is 13.2 Å². The highest BCUT2D eigenvalue weighted by atomic mass is 16.5. The third-order valence-corrected chi connectivity index (χ3v) is 4.07. The molecule has 3 rings (SSSR count). The van der Waals surface area contributed by atoms with Crippen LogP contribution >= 0.6 is 0 Å². The number of fused-ring (bicyclic) bond motifs is 1. The normalized spacial score (nSPS) is 27.2. The van der Waals surface area contributed by atoms with Gasteiger partial charge >= 0.3 is 0 Å². The minimum atomic E-state index is 0.337. The second kappa shape index (κ2) is 5.33. The van der Waals surface area contributed by atoms with E-state index < -0.39 is 0 Å². The van der Waals surface area contributed by atoms with E-state index in [0.29, 0.717) is 12.0 Å². The molecule has 2 aliphatic rings. The third-order valence-electron chi connectivity index (χ3n) is 4.07. The van der Waals surface area contributed by atoms with Crippen molar-refractivity contribution in [3.8, 4) is 0 Å². The predicted octanol–water partition coefficient (Wildman–Crippen LogP) is 1.26. The van der Waals surface area contributed by atoms with Crippen LogP contribution in [0.1, 0.15) is 36.3 Å². The van der Waals surface area contributed by atoms with Crippen LogP contribution in [0.25, 0.3) is 0 Å². The van der Waals surface area contributed by atoms with Crippen LogP contribution in [-0.2, 0) is 24.0 Å². The van der Waals surface area contributed by atoms with E-state index in [0.717, 1.165) is 44.7 Å². The van der Waals surface area contributed by atoms with Crippen LogP contribution in [-0.4, -0.2) is 29.2 Å². The molecule has 0 spiro atoms. The molecular weight excluding hydrogens is 226 g/mol. The lowest BCUT2D eigenvalue weighted by atomic mass is 9.87. The van der Waals surface area contributed by atoms with E-state index in [1.54, 1.807) is 0 Å². The molecule has 2 atom stereocenters. The van der Waals surface area contributed by atoms with Gasteiger partial charge in [-0.1, -0.05) is 0 Å². The summed E-state index contributed by atoms with van der Waals surface area (Å²) < 4.78 is 5.64. The Hall–Kier alpha value is -1.00. The van der Waals surface area contributed by atoms with Crippen molar-refractivity contribution in [1.82, 2.24) is 9.97 Å². The summed E-state index contributed by atoms with van der Waals surface area (Å²) in [5.74, 6) is 1.57. The average molecular weight is 247 g/mol. The zero-order chi connectivity index (χ0) is 12.4. The molecule has 98 valence electrons. The highest BCUT2D eigenvalue weighted by molar-refractivity contribution is 5.21. The first-order chi connectivity index (χ1) is 8.85. The van der Waals surface area contributed by atoms with Crippen molar-refractivity contribution < 1.29 is 4.74 Å². The minimum absolute atomic E-state index is 0.337. The number of rotatable bonds is 3. The molecule has 1 aliphatic carbocycles. The maximum Gasteiger partial charge on any atom is 0.131 e. The number of nitrogens with zero attached hydrogens (tertiary/aromatic N) is 2. The van der Waals surface area contributed by atoms with E-state index in [-0.39, 0.29) is 0 Å². The van der Waals surface area contributed by atoms with E-state index >= 15 is 0 Å². The quantitative estimate of drug-likeness (QED) is 0.873. The van der Waals surface area contributed by atoms with Gasteiger partial charge in [0.25, 0.3) is 0 Å². The van der Waals surface area contributed by atoms with Gasteiger partial charge in [0.2, 0.25) is 0 Å². The van der Waals surface area contributed by atoms with Crippen LogP contribution in [0.4, 0.5) is 0 Å². The molecule has 0 aromatic carbocycles. The molecule has 1 saturated heterocycles. The Morgan fingerprint density at radius 2 is 2.33 bits per heavy atom. The molecule has 2 N–H and O–H groups in total. The fourth-order valence-corrected chi connectivity index (χ4v) is 2.93. The summed E-state index contributed by atoms with van der Waals surface area (Å²) in [6, 6.07) is 0. The fourth-order valence-electron chi connectivity index (χ4n) is 2.93. The second-order valence-corrected chi connectivity index (χ2v) is 5.44. The number of aryl methyl sites for hydroxylation is 1. The van der Waals surface area contributed by atoms with Gasteiger partial charge < -0.3 is 10.5 Å². The Kier molecular flexibility index (Phi) is 3.57. The number of hydrogen-bond acceptors (Lipinski definition) is 4. The lowest BCUT2D eigenvalue weighted by molar-refractivity contribution is 0.110. The van der Waals surface area contributed by atoms with Crippen molar-refractivity contribution in [3.63, 3.8) is 0 Å². The van der Waals surface area contributed by atoms with Crippen molar-refractivity contribution in [3.05, 3.63) is 23.3 Å². The van der Waals surface area contributed by atoms with E-state index in [2.05, 4.69) is 4.98 Å². The SMILES string of the molecule is NCC1CCc2nc(CC3CCCO3)ncc2C1. The minimum Gasteiger partial charge on any atom is -0.378 e. The standard InChI is InChI=1S/C14H21N3O/c15-8-10-3-4-13-11(6-10)9-16-14(17-13)7-12-2-1-5-18-12/h9-10,12H,1-8,15H2. The molecule has 4 heteroatoms. The van der Waals surface area contributed by atoms with Gasteiger partial charge in [-0.05, 0) is 50.1 Å². The van der Waals surface area contributed by atoms with Crippen LogP contribution in [0.2, 0.25) is 0 Å². The zero-order valence-corrected chi connectivity index (χ0v) is 10.8. The van der Waals surface area contributed by atoms with E-state index in [1.165, 1.54) is 24.1 Å². The summed E-state index contributed by atoms with van der Waals surface area (Å²) in [4.78, 5) is 9.21. The summed E-state index contributed by atoms with van der Waals surface area (Å²) in [5.41, 5.74) is 8.28. The van der Waals surface area contributed by atoms with Crippen LogP contribution in [0.3, 0.4) is 0 Å². The van der Waals surface area contributed by atoms with Crippen LogP contribution in [0.5, 0.6) is 0 Å². The molecule has 18 heavy (non-hydrogen) atoms. The Labute approximate surface area is 108 Å². The van der Waals surface area contributed by atoms with E-state index in [9.17, 15) is 0 Å². The molecule has 1 aliphatic heterocycles. The molecule has 1 aromatic rings. The van der Waals surface area contributed by atoms with Crippen LogP contribution in [0.15, 0.2) is 6.20 Å². The maximum atomic E-state index is 5.74. The lowest BCUT2D eigenvalue weighted by Gasteiger charge is -2.22. The second-order valence-electron chi connectivity index (χ2n) is 5.44. The summed E-state index contributed by atoms with van der Waals surface area (Å²) in [6.45, 7) is 1.67. The van der Waals surface area contributed by atoms with E-state index in [4.69, 9.17) is 15.5 Å². The molecule has 1 aromatic heterocycles. The van der Waals surface area contributed by atoms with Gasteiger partial charge in [-0.25, -0.2) is 9.97 Å². The summed E-state index contributed by atoms with van der Waals surface area (Å²) in [7, 11) is 0. The lowest BCUT2D eigenvalue weighted by Crippen LogP contribution is -2.24. The first kappa shape index (κ1) is 12.1. The van der Waals surface area contributed by atoms with Gasteiger partial charge in [-0.3, -0.25) is 0 Å². The van der Waals surface area contributed by atoms with Crippen LogP contribution in [0, 0.1) is 5.92 Å². The first-order valence-corrected chi connectivity index (χ1v) is 7.00. The number of aromatic nitrogens is 2. The van der Waals surface area contributed by atoms with Crippen LogP contribution < -0.4 is 5.73 Å². The summed E-state index contributed by atoms with van der Waals surface area (Å²) in [6.07, 6.45) is 8.80. The van der Waals surface area contributed by atoms with Crippen molar-refractivity contribution >= 4 is 0 Å². The number of nitrogens with two attached hydrogens (primary N) is 1. The first-order valence-electron chi connectivity index (χ1n) is 7.00. The van der Waals surface area contributed by atoms with Gasteiger partial charge in [0.15, 0.2) is 0 Å². The highest BCUT2D eigenvalue weighted by Crippen LogP contribution is 2.23. The Bertz CT molecular complexity index is 416. The predicted molar refractivity (Wildman–Crippen MR) is 69.3 cm³/mol. The van der Waals surface area contributed by atoms with Gasteiger partial charge in [-0.2, -0.15) is 0 Å². The fraction of sp³-hybridized carbons (Fsp3) is 0.714. The molecule has 0 saturated carbocycles. The average Bonchev–Trinajstić information content (AvgIpc) is 2.91. The van der Waals surface area contributed by atoms with E-state index in [1.807, 2.05) is 6.20 Å². The molecular formula is C14H21N3O. The summed E-state index contributed by atoms with van der Waals surface area (Å²) >= 11 is 0. The molecule has 1 fully saturated rings. The maximum absolute atomic E-state index is 5.74. The number of hydrogen-bond donors (Lipinski definition) is 1. The zero-order valence-electron chi connectivity index (χ0n) is 10.8. The topological polar surface area (TPSA) is 61.0 Å². The van der Waals surface area contributed by atoms with Crippen molar-refractivity contribution in [2.24, 2.45) is 11.7 Å².